The molecule has 1 aliphatic rings. The minimum Gasteiger partial charge on any atom is -0.510 e. The Hall–Kier alpha value is -7.08. The minimum atomic E-state index is -0.545. The normalized spacial score (nSPS) is 11.8. The molecule has 10 aromatic rings. The van der Waals surface area contributed by atoms with Crippen LogP contribution in [0.4, 0.5) is 0 Å². The molecule has 1 aliphatic heterocycles. The number of rotatable bonds is 5. The molecule has 7 nitrogen and oxygen atoms in total. The average molecular weight is 972 g/mol. The number of nitrogens with zero attached hydrogens (tertiary/aromatic N) is 4. The summed E-state index contributed by atoms with van der Waals surface area (Å²) in [6, 6.07) is 60.8. The Balaban J connectivity index is 0.00000445. The molecule has 0 fully saturated rings. The van der Waals surface area contributed by atoms with Gasteiger partial charge in [0, 0.05) is 44.3 Å². The third kappa shape index (κ3) is 6.44. The maximum atomic E-state index is 13.2. The van der Waals surface area contributed by atoms with Crippen LogP contribution in [0.1, 0.15) is 26.3 Å². The van der Waals surface area contributed by atoms with Gasteiger partial charge in [-0.2, -0.15) is 12.1 Å². The first-order valence-electron chi connectivity index (χ1n) is 19.9. The number of pyridine rings is 1. The van der Waals surface area contributed by atoms with E-state index >= 15 is 0 Å². The van der Waals surface area contributed by atoms with Crippen molar-refractivity contribution in [1.82, 2.24) is 14.1 Å². The third-order valence-corrected chi connectivity index (χ3v) is 11.3. The first-order valence-corrected chi connectivity index (χ1v) is 19.9. The van der Waals surface area contributed by atoms with Gasteiger partial charge in [-0.15, -0.1) is 30.3 Å². The summed E-state index contributed by atoms with van der Waals surface area (Å²) in [6.45, 7) is 6.36. The van der Waals surface area contributed by atoms with Crippen molar-refractivity contribution >= 4 is 22.1 Å². The number of hydrogen-bond donors (Lipinski definition) is 0. The van der Waals surface area contributed by atoms with E-state index in [0.717, 1.165) is 66.9 Å². The molecule has 0 unspecified atom stereocenters. The molecule has 0 saturated heterocycles. The molecule has 298 valence electrons. The maximum absolute atomic E-state index is 13.2. The van der Waals surface area contributed by atoms with Gasteiger partial charge in [0.2, 0.25) is 0 Å². The van der Waals surface area contributed by atoms with E-state index in [1.165, 1.54) is 10.1 Å². The monoisotopic (exact) mass is 971 g/mol. The van der Waals surface area contributed by atoms with Crippen molar-refractivity contribution in [2.45, 2.75) is 26.2 Å². The second-order valence-electron chi connectivity index (χ2n) is 16.0. The van der Waals surface area contributed by atoms with Crippen molar-refractivity contribution in [3.05, 3.63) is 198 Å². The molecule has 0 amide bonds. The molecule has 0 spiro atoms. The fourth-order valence-corrected chi connectivity index (χ4v) is 8.42. The van der Waals surface area contributed by atoms with Crippen molar-refractivity contribution in [2.75, 3.05) is 0 Å². The zero-order valence-electron chi connectivity index (χ0n) is 33.4. The summed E-state index contributed by atoms with van der Waals surface area (Å²) >= 11 is 0. The number of aromatic nitrogens is 4. The van der Waals surface area contributed by atoms with E-state index in [1.807, 2.05) is 36.4 Å². The van der Waals surface area contributed by atoms with Gasteiger partial charge in [-0.1, -0.05) is 136 Å². The van der Waals surface area contributed by atoms with Crippen LogP contribution in [0.3, 0.4) is 0 Å². The molecule has 61 heavy (non-hydrogen) atoms. The van der Waals surface area contributed by atoms with Crippen LogP contribution in [-0.2, 0) is 26.5 Å². The predicted molar refractivity (Wildman–Crippen MR) is 235 cm³/mol. The van der Waals surface area contributed by atoms with E-state index in [9.17, 15) is 4.79 Å². The van der Waals surface area contributed by atoms with Crippen molar-refractivity contribution < 1.29 is 34.8 Å². The Labute approximate surface area is 367 Å². The SMILES string of the molecule is CC(C)(C)c1ccnc(-n2c(=O)oc3ccc(Oc4[c-]c(-n5[c-][n+]6c7c(cccc75)-c5ccccc5-c5ccccc5-c5cccc(-c7ccccc7)c5-6)ccc4)[c-]c32)c1.[Pt]. The van der Waals surface area contributed by atoms with Crippen LogP contribution in [0.2, 0.25) is 0 Å². The average Bonchev–Trinajstić information content (AvgIpc) is 3.84. The van der Waals surface area contributed by atoms with Crippen LogP contribution < -0.4 is 15.1 Å². The van der Waals surface area contributed by atoms with Crippen molar-refractivity contribution in [3.8, 4) is 73.2 Å². The molecule has 4 heterocycles. The van der Waals surface area contributed by atoms with Crippen LogP contribution in [0.15, 0.2) is 173 Å². The standard InChI is InChI=1S/C53H36N4O3.Pt/c1-53(2,3)35-28-29-54-49(30-35)57-47-32-38(26-27-48(47)60-52(57)58)59-37-17-11-16-36(31-37)55-33-56-50-39(34-14-5-4-6-15-34)22-12-23-44(50)42-20-9-7-18-40(42)41-19-8-10-21-43(41)45-24-13-25-46(55)51(45)56;/h4-30H,1-3H3;/q-2;. The van der Waals surface area contributed by atoms with Gasteiger partial charge in [-0.3, -0.25) is 9.13 Å². The second kappa shape index (κ2) is 14.9. The molecule has 0 radical (unpaired) electrons. The molecular weight excluding hydrogens is 936 g/mol. The molecule has 0 bridgehead atoms. The van der Waals surface area contributed by atoms with Gasteiger partial charge < -0.3 is 13.7 Å². The number of fused-ring (bicyclic) bond motifs is 8. The number of benzene rings is 7. The Kier molecular flexibility index (Phi) is 9.30. The van der Waals surface area contributed by atoms with Crippen LogP contribution in [-0.4, -0.2) is 14.1 Å². The van der Waals surface area contributed by atoms with E-state index in [4.69, 9.17) is 9.15 Å². The third-order valence-electron chi connectivity index (χ3n) is 11.3. The molecule has 0 N–H and O–H groups in total. The van der Waals surface area contributed by atoms with E-state index in [1.54, 1.807) is 18.3 Å². The van der Waals surface area contributed by atoms with E-state index in [-0.39, 0.29) is 26.5 Å². The molecule has 0 atom stereocenters. The maximum Gasteiger partial charge on any atom is 0.411 e. The van der Waals surface area contributed by atoms with E-state index in [0.29, 0.717) is 28.4 Å². The Morgan fingerprint density at radius 3 is 2.02 bits per heavy atom. The van der Waals surface area contributed by atoms with Gasteiger partial charge in [-0.25, -0.2) is 9.78 Å². The van der Waals surface area contributed by atoms with Gasteiger partial charge in [0.1, 0.15) is 5.82 Å². The topological polar surface area (TPSA) is 66.1 Å². The van der Waals surface area contributed by atoms with Crippen LogP contribution in [0.5, 0.6) is 11.5 Å². The van der Waals surface area contributed by atoms with E-state index < -0.39 is 5.76 Å². The second-order valence-corrected chi connectivity index (χ2v) is 16.0. The van der Waals surface area contributed by atoms with Gasteiger partial charge in [-0.05, 0) is 78.8 Å². The van der Waals surface area contributed by atoms with Gasteiger partial charge in [0.05, 0.1) is 16.7 Å². The summed E-state index contributed by atoms with van der Waals surface area (Å²) in [5.74, 6) is 0.779. The van der Waals surface area contributed by atoms with Gasteiger partial charge in [0.15, 0.2) is 0 Å². The molecular formula is C53H36N4O3Pt-2. The predicted octanol–water partition coefficient (Wildman–Crippen LogP) is 11.7. The summed E-state index contributed by atoms with van der Waals surface area (Å²) in [6.07, 6.45) is 5.52. The Morgan fingerprint density at radius 2 is 1.26 bits per heavy atom. The van der Waals surface area contributed by atoms with Crippen molar-refractivity contribution in [1.29, 1.82) is 0 Å². The summed E-state index contributed by atoms with van der Waals surface area (Å²) in [5.41, 5.74) is 14.5. The van der Waals surface area contributed by atoms with Crippen LogP contribution >= 0.6 is 0 Å². The first-order chi connectivity index (χ1) is 29.3. The van der Waals surface area contributed by atoms with Gasteiger partial charge >= 0.3 is 5.76 Å². The number of imidazole rings is 1. The van der Waals surface area contributed by atoms with E-state index in [2.05, 4.69) is 163 Å². The van der Waals surface area contributed by atoms with Crippen molar-refractivity contribution in [3.63, 3.8) is 0 Å². The summed E-state index contributed by atoms with van der Waals surface area (Å²) in [4.78, 5) is 17.7. The van der Waals surface area contributed by atoms with Crippen molar-refractivity contribution in [2.24, 2.45) is 0 Å². The fourth-order valence-electron chi connectivity index (χ4n) is 8.42. The van der Waals surface area contributed by atoms with Crippen LogP contribution in [0, 0.1) is 18.5 Å². The minimum absolute atomic E-state index is 0. The Morgan fingerprint density at radius 1 is 0.639 bits per heavy atom. The van der Waals surface area contributed by atoms with Crippen LogP contribution in [0.25, 0.3) is 83.8 Å². The number of ether oxygens (including phenoxy) is 1. The molecule has 0 aliphatic carbocycles. The first kappa shape index (κ1) is 38.1. The van der Waals surface area contributed by atoms with Gasteiger partial charge in [0.25, 0.3) is 6.33 Å². The molecule has 7 aromatic carbocycles. The molecule has 8 heteroatoms. The summed E-state index contributed by atoms with van der Waals surface area (Å²) in [5, 5.41) is 0. The fraction of sp³-hybridized carbons (Fsp3) is 0.0755. The zero-order valence-corrected chi connectivity index (χ0v) is 35.7. The molecule has 3 aromatic heterocycles. The zero-order chi connectivity index (χ0) is 40.5. The number of hydrogen-bond acceptors (Lipinski definition) is 4. The number of oxazole rings is 1. The summed E-state index contributed by atoms with van der Waals surface area (Å²) < 4.78 is 17.8. The number of para-hydroxylation sites is 2. The largest absolute Gasteiger partial charge is 0.510 e. The smallest absolute Gasteiger partial charge is 0.411 e. The Bertz CT molecular complexity index is 3370. The molecule has 0 saturated carbocycles. The quantitative estimate of drug-likeness (QED) is 0.127. The summed E-state index contributed by atoms with van der Waals surface area (Å²) in [7, 11) is 0. The molecule has 11 rings (SSSR count).